The van der Waals surface area contributed by atoms with Crippen molar-refractivity contribution in [2.24, 2.45) is 0 Å². The van der Waals surface area contributed by atoms with E-state index in [-0.39, 0.29) is 11.9 Å². The molecule has 0 spiro atoms. The van der Waals surface area contributed by atoms with Crippen molar-refractivity contribution in [2.45, 2.75) is 19.4 Å². The minimum Gasteiger partial charge on any atom is -0.497 e. The molecule has 0 saturated heterocycles. The molecule has 1 aromatic heterocycles. The van der Waals surface area contributed by atoms with Gasteiger partial charge < -0.3 is 10.1 Å². The Labute approximate surface area is 118 Å². The van der Waals surface area contributed by atoms with Crippen LogP contribution in [-0.2, 0) is 6.42 Å². The summed E-state index contributed by atoms with van der Waals surface area (Å²) in [5.74, 6) is 0.529. The largest absolute Gasteiger partial charge is 0.497 e. The van der Waals surface area contributed by atoms with Gasteiger partial charge in [0.1, 0.15) is 11.6 Å². The maximum atomic E-state index is 13.3. The average Bonchev–Trinajstić information content (AvgIpc) is 2.47. The highest BCUT2D eigenvalue weighted by Gasteiger charge is 2.12. The first-order valence-corrected chi connectivity index (χ1v) is 6.69. The number of pyridine rings is 1. The summed E-state index contributed by atoms with van der Waals surface area (Å²) in [5.41, 5.74) is 2.03. The molecule has 0 radical (unpaired) electrons. The van der Waals surface area contributed by atoms with Gasteiger partial charge in [-0.25, -0.2) is 4.39 Å². The molecule has 1 aromatic carbocycles. The van der Waals surface area contributed by atoms with E-state index in [0.29, 0.717) is 0 Å². The van der Waals surface area contributed by atoms with Crippen molar-refractivity contribution >= 4 is 0 Å². The van der Waals surface area contributed by atoms with Gasteiger partial charge in [0.2, 0.25) is 0 Å². The van der Waals surface area contributed by atoms with E-state index in [1.165, 1.54) is 17.8 Å². The summed E-state index contributed by atoms with van der Waals surface area (Å²) in [6.07, 6.45) is 3.71. The molecule has 2 aromatic rings. The van der Waals surface area contributed by atoms with Crippen LogP contribution in [0.15, 0.2) is 42.7 Å². The van der Waals surface area contributed by atoms with E-state index < -0.39 is 0 Å². The van der Waals surface area contributed by atoms with E-state index in [1.807, 2.05) is 31.2 Å². The molecule has 1 heterocycles. The van der Waals surface area contributed by atoms with Gasteiger partial charge in [-0.15, -0.1) is 0 Å². The van der Waals surface area contributed by atoms with Crippen LogP contribution in [0, 0.1) is 5.82 Å². The predicted octanol–water partition coefficient (Wildman–Crippen LogP) is 3.12. The number of ether oxygens (including phenoxy) is 1. The number of aromatic nitrogens is 1. The first-order valence-electron chi connectivity index (χ1n) is 6.69. The second-order valence-electron chi connectivity index (χ2n) is 4.60. The number of likely N-dealkylation sites (N-methyl/N-ethyl adjacent to an activating group) is 1. The summed E-state index contributed by atoms with van der Waals surface area (Å²) >= 11 is 0. The number of methoxy groups -OCH3 is 1. The number of hydrogen-bond donors (Lipinski definition) is 1. The Bertz CT molecular complexity index is 542. The number of nitrogens with one attached hydrogen (secondary N) is 1. The van der Waals surface area contributed by atoms with Crippen molar-refractivity contribution in [2.75, 3.05) is 13.7 Å². The third kappa shape index (κ3) is 3.78. The smallest absolute Gasteiger partial charge is 0.141 e. The maximum Gasteiger partial charge on any atom is 0.141 e. The minimum atomic E-state index is -0.305. The number of halogens is 1. The SMILES string of the molecule is CCNC(Cc1ccc(OC)cc1)c1cncc(F)c1. The summed E-state index contributed by atoms with van der Waals surface area (Å²) in [7, 11) is 1.65. The van der Waals surface area contributed by atoms with E-state index >= 15 is 0 Å². The molecule has 20 heavy (non-hydrogen) atoms. The molecule has 0 aliphatic carbocycles. The zero-order valence-electron chi connectivity index (χ0n) is 11.8. The van der Waals surface area contributed by atoms with E-state index in [4.69, 9.17) is 4.74 Å². The van der Waals surface area contributed by atoms with Crippen LogP contribution in [0.25, 0.3) is 0 Å². The van der Waals surface area contributed by atoms with Gasteiger partial charge in [-0.05, 0) is 42.3 Å². The Morgan fingerprint density at radius 3 is 2.60 bits per heavy atom. The molecule has 0 aliphatic heterocycles. The highest BCUT2D eigenvalue weighted by atomic mass is 19.1. The molecule has 0 aliphatic rings. The fourth-order valence-electron chi connectivity index (χ4n) is 2.17. The van der Waals surface area contributed by atoms with E-state index in [2.05, 4.69) is 10.3 Å². The topological polar surface area (TPSA) is 34.1 Å². The van der Waals surface area contributed by atoms with E-state index in [9.17, 15) is 4.39 Å². The molecular formula is C16H19FN2O. The monoisotopic (exact) mass is 274 g/mol. The van der Waals surface area contributed by atoms with Crippen LogP contribution in [0.4, 0.5) is 4.39 Å². The quantitative estimate of drug-likeness (QED) is 0.878. The van der Waals surface area contributed by atoms with E-state index in [1.54, 1.807) is 13.3 Å². The van der Waals surface area contributed by atoms with Gasteiger partial charge >= 0.3 is 0 Å². The Balaban J connectivity index is 2.16. The van der Waals surface area contributed by atoms with Gasteiger partial charge in [-0.1, -0.05) is 19.1 Å². The predicted molar refractivity (Wildman–Crippen MR) is 77.3 cm³/mol. The minimum absolute atomic E-state index is 0.0524. The average molecular weight is 274 g/mol. The fourth-order valence-corrected chi connectivity index (χ4v) is 2.17. The third-order valence-electron chi connectivity index (χ3n) is 3.18. The summed E-state index contributed by atoms with van der Waals surface area (Å²) in [5, 5.41) is 3.37. The lowest BCUT2D eigenvalue weighted by atomic mass is 10.00. The van der Waals surface area contributed by atoms with Crippen LogP contribution >= 0.6 is 0 Å². The van der Waals surface area contributed by atoms with Gasteiger partial charge in [0, 0.05) is 12.2 Å². The van der Waals surface area contributed by atoms with Crippen LogP contribution in [0.5, 0.6) is 5.75 Å². The second-order valence-corrected chi connectivity index (χ2v) is 4.60. The van der Waals surface area contributed by atoms with Crippen LogP contribution < -0.4 is 10.1 Å². The fraction of sp³-hybridized carbons (Fsp3) is 0.312. The van der Waals surface area contributed by atoms with Crippen LogP contribution in [0.2, 0.25) is 0 Å². The number of hydrogen-bond acceptors (Lipinski definition) is 3. The molecular weight excluding hydrogens is 255 g/mol. The van der Waals surface area contributed by atoms with Gasteiger partial charge in [-0.3, -0.25) is 4.98 Å². The first kappa shape index (κ1) is 14.5. The lowest BCUT2D eigenvalue weighted by Crippen LogP contribution is -2.23. The molecule has 1 atom stereocenters. The summed E-state index contributed by atoms with van der Waals surface area (Å²) in [4.78, 5) is 3.92. The second kappa shape index (κ2) is 7.01. The number of rotatable bonds is 6. The van der Waals surface area contributed by atoms with Gasteiger partial charge in [0.25, 0.3) is 0 Å². The van der Waals surface area contributed by atoms with E-state index in [0.717, 1.165) is 24.3 Å². The molecule has 0 amide bonds. The van der Waals surface area contributed by atoms with Crippen molar-refractivity contribution in [3.05, 3.63) is 59.7 Å². The number of nitrogens with zero attached hydrogens (tertiary/aromatic N) is 1. The third-order valence-corrected chi connectivity index (χ3v) is 3.18. The molecule has 0 fully saturated rings. The Kier molecular flexibility index (Phi) is 5.07. The maximum absolute atomic E-state index is 13.3. The molecule has 2 rings (SSSR count). The molecule has 1 N–H and O–H groups in total. The Hall–Kier alpha value is -1.94. The summed E-state index contributed by atoms with van der Waals surface area (Å²) in [6.45, 7) is 2.85. The molecule has 3 nitrogen and oxygen atoms in total. The standard InChI is InChI=1S/C16H19FN2O/c1-3-19-16(13-9-14(17)11-18-10-13)8-12-4-6-15(20-2)7-5-12/h4-7,9-11,16,19H,3,8H2,1-2H3. The highest BCUT2D eigenvalue weighted by molar-refractivity contribution is 5.29. The first-order chi connectivity index (χ1) is 9.72. The van der Waals surface area contributed by atoms with Gasteiger partial charge in [-0.2, -0.15) is 0 Å². The molecule has 106 valence electrons. The van der Waals surface area contributed by atoms with Crippen molar-refractivity contribution in [1.82, 2.24) is 10.3 Å². The van der Waals surface area contributed by atoms with Gasteiger partial charge in [0.05, 0.1) is 13.3 Å². The zero-order chi connectivity index (χ0) is 14.4. The normalized spacial score (nSPS) is 12.2. The number of benzene rings is 1. The lowest BCUT2D eigenvalue weighted by Gasteiger charge is -2.18. The molecule has 4 heteroatoms. The molecule has 1 unspecified atom stereocenters. The van der Waals surface area contributed by atoms with Crippen molar-refractivity contribution in [3.63, 3.8) is 0 Å². The van der Waals surface area contributed by atoms with Crippen molar-refractivity contribution < 1.29 is 9.13 Å². The van der Waals surface area contributed by atoms with Crippen LogP contribution in [0.1, 0.15) is 24.1 Å². The van der Waals surface area contributed by atoms with Gasteiger partial charge in [0.15, 0.2) is 0 Å². The Morgan fingerprint density at radius 1 is 1.25 bits per heavy atom. The summed E-state index contributed by atoms with van der Waals surface area (Å²) < 4.78 is 18.4. The highest BCUT2D eigenvalue weighted by Crippen LogP contribution is 2.20. The lowest BCUT2D eigenvalue weighted by molar-refractivity contribution is 0.414. The Morgan fingerprint density at radius 2 is 2.00 bits per heavy atom. The van der Waals surface area contributed by atoms with Crippen LogP contribution in [0.3, 0.4) is 0 Å². The zero-order valence-corrected chi connectivity index (χ0v) is 11.8. The molecule has 0 saturated carbocycles. The van der Waals surface area contributed by atoms with Crippen LogP contribution in [-0.4, -0.2) is 18.6 Å². The van der Waals surface area contributed by atoms with Crippen molar-refractivity contribution in [1.29, 1.82) is 0 Å². The molecule has 0 bridgehead atoms. The summed E-state index contributed by atoms with van der Waals surface area (Å²) in [6, 6.07) is 9.50. The van der Waals surface area contributed by atoms with Crippen molar-refractivity contribution in [3.8, 4) is 5.75 Å².